The molecule has 29 heavy (non-hydrogen) atoms. The molecule has 0 amide bonds. The van der Waals surface area contributed by atoms with Gasteiger partial charge in [0.1, 0.15) is 0 Å². The second kappa shape index (κ2) is 7.81. The standard InChI is InChI=1S/C25H26ClN3/c1-2-17-13-22-14-20(9-12-29(22)16-17)23-15-28-25(19-3-5-21(26)6-4-19)24(23)18-7-10-27-11-8-18/h3-8,10-11,14-15,17,22,28H,2,9,12-13,16H2,1H3. The van der Waals surface area contributed by atoms with Crippen molar-refractivity contribution in [2.75, 3.05) is 13.1 Å². The Morgan fingerprint density at radius 1 is 1.10 bits per heavy atom. The lowest BCUT2D eigenvalue weighted by Crippen LogP contribution is -2.32. The third-order valence-electron chi connectivity index (χ3n) is 6.50. The van der Waals surface area contributed by atoms with Crippen molar-refractivity contribution < 1.29 is 0 Å². The van der Waals surface area contributed by atoms with E-state index in [1.807, 2.05) is 24.5 Å². The molecule has 0 aliphatic carbocycles. The van der Waals surface area contributed by atoms with Gasteiger partial charge in [0.05, 0.1) is 5.69 Å². The Bertz CT molecular complexity index is 1020. The van der Waals surface area contributed by atoms with Crippen LogP contribution in [0.25, 0.3) is 28.0 Å². The zero-order valence-corrected chi connectivity index (χ0v) is 17.5. The Hall–Kier alpha value is -2.36. The summed E-state index contributed by atoms with van der Waals surface area (Å²) in [6, 6.07) is 12.9. The molecule has 1 aromatic carbocycles. The zero-order chi connectivity index (χ0) is 19.8. The van der Waals surface area contributed by atoms with Gasteiger partial charge < -0.3 is 4.98 Å². The maximum atomic E-state index is 6.13. The van der Waals surface area contributed by atoms with Crippen molar-refractivity contribution in [3.63, 3.8) is 0 Å². The lowest BCUT2D eigenvalue weighted by molar-refractivity contribution is 0.281. The van der Waals surface area contributed by atoms with Gasteiger partial charge in [-0.1, -0.05) is 43.2 Å². The SMILES string of the molecule is CCC1CC2C=C(c3c[nH]c(-c4ccc(Cl)cc4)c3-c3ccncc3)CCN2C1. The molecule has 4 heterocycles. The van der Waals surface area contributed by atoms with Crippen molar-refractivity contribution in [2.24, 2.45) is 5.92 Å². The Kier molecular flexibility index (Phi) is 5.03. The average Bonchev–Trinajstić information content (AvgIpc) is 3.38. The number of pyridine rings is 1. The van der Waals surface area contributed by atoms with Gasteiger partial charge >= 0.3 is 0 Å². The predicted octanol–water partition coefficient (Wildman–Crippen LogP) is 6.28. The van der Waals surface area contributed by atoms with E-state index in [1.165, 1.54) is 41.6 Å². The highest BCUT2D eigenvalue weighted by atomic mass is 35.5. The highest BCUT2D eigenvalue weighted by Gasteiger charge is 2.33. The van der Waals surface area contributed by atoms with Crippen molar-refractivity contribution in [3.05, 3.63) is 71.7 Å². The first-order valence-corrected chi connectivity index (χ1v) is 10.9. The number of aromatic nitrogens is 2. The summed E-state index contributed by atoms with van der Waals surface area (Å²) in [5, 5.41) is 0.757. The molecule has 0 radical (unpaired) electrons. The van der Waals surface area contributed by atoms with Crippen LogP contribution < -0.4 is 0 Å². The molecule has 1 saturated heterocycles. The minimum absolute atomic E-state index is 0.586. The maximum Gasteiger partial charge on any atom is 0.0539 e. The summed E-state index contributed by atoms with van der Waals surface area (Å²) in [5.74, 6) is 0.839. The molecule has 1 fully saturated rings. The van der Waals surface area contributed by atoms with E-state index >= 15 is 0 Å². The number of nitrogens with one attached hydrogen (secondary N) is 1. The van der Waals surface area contributed by atoms with Gasteiger partial charge in [-0.25, -0.2) is 0 Å². The fraction of sp³-hybridized carbons (Fsp3) is 0.320. The number of H-pyrrole nitrogens is 1. The Labute approximate surface area is 177 Å². The molecule has 0 spiro atoms. The molecule has 2 aliphatic rings. The molecule has 2 aromatic heterocycles. The average molecular weight is 404 g/mol. The van der Waals surface area contributed by atoms with E-state index in [1.54, 1.807) is 0 Å². The Morgan fingerprint density at radius 2 is 1.90 bits per heavy atom. The van der Waals surface area contributed by atoms with Gasteiger partial charge in [0.2, 0.25) is 0 Å². The molecule has 2 atom stereocenters. The molecule has 3 nitrogen and oxygen atoms in total. The van der Waals surface area contributed by atoms with Crippen LogP contribution in [0.5, 0.6) is 0 Å². The number of halogens is 1. The largest absolute Gasteiger partial charge is 0.360 e. The summed E-state index contributed by atoms with van der Waals surface area (Å²) >= 11 is 6.13. The zero-order valence-electron chi connectivity index (χ0n) is 16.7. The van der Waals surface area contributed by atoms with Crippen molar-refractivity contribution in [2.45, 2.75) is 32.2 Å². The molecule has 0 saturated carbocycles. The van der Waals surface area contributed by atoms with Gasteiger partial charge in [-0.05, 0) is 59.7 Å². The number of hydrogen-bond acceptors (Lipinski definition) is 2. The van der Waals surface area contributed by atoms with Gasteiger partial charge in [0.15, 0.2) is 0 Å². The fourth-order valence-corrected chi connectivity index (χ4v) is 5.03. The minimum atomic E-state index is 0.586. The first-order valence-electron chi connectivity index (χ1n) is 10.6. The first-order chi connectivity index (χ1) is 14.2. The Balaban J connectivity index is 1.60. The smallest absolute Gasteiger partial charge is 0.0539 e. The van der Waals surface area contributed by atoms with Crippen LogP contribution in [-0.2, 0) is 0 Å². The lowest BCUT2D eigenvalue weighted by Gasteiger charge is -2.28. The van der Waals surface area contributed by atoms with Crippen LogP contribution in [0.4, 0.5) is 0 Å². The Morgan fingerprint density at radius 3 is 2.66 bits per heavy atom. The van der Waals surface area contributed by atoms with Gasteiger partial charge in [0, 0.05) is 53.9 Å². The topological polar surface area (TPSA) is 31.9 Å². The lowest BCUT2D eigenvalue weighted by atomic mass is 9.90. The van der Waals surface area contributed by atoms with E-state index in [0.717, 1.165) is 35.2 Å². The molecule has 1 N–H and O–H groups in total. The van der Waals surface area contributed by atoms with E-state index in [-0.39, 0.29) is 0 Å². The van der Waals surface area contributed by atoms with Crippen molar-refractivity contribution >= 4 is 17.2 Å². The van der Waals surface area contributed by atoms with E-state index in [2.05, 4.69) is 58.3 Å². The first kappa shape index (κ1) is 18.7. The third kappa shape index (κ3) is 3.54. The molecule has 0 bridgehead atoms. The second-order valence-corrected chi connectivity index (χ2v) is 8.65. The number of hydrogen-bond donors (Lipinski definition) is 1. The number of nitrogens with zero attached hydrogens (tertiary/aromatic N) is 2. The highest BCUT2D eigenvalue weighted by molar-refractivity contribution is 6.30. The number of benzene rings is 1. The summed E-state index contributed by atoms with van der Waals surface area (Å²) in [6.07, 6.45) is 12.1. The van der Waals surface area contributed by atoms with Gasteiger partial charge in [-0.2, -0.15) is 0 Å². The predicted molar refractivity (Wildman–Crippen MR) is 121 cm³/mol. The number of rotatable bonds is 4. The van der Waals surface area contributed by atoms with E-state index in [4.69, 9.17) is 11.6 Å². The monoisotopic (exact) mass is 403 g/mol. The molecular weight excluding hydrogens is 378 g/mol. The van der Waals surface area contributed by atoms with Gasteiger partial charge in [0.25, 0.3) is 0 Å². The van der Waals surface area contributed by atoms with Crippen molar-refractivity contribution in [1.82, 2.24) is 14.9 Å². The number of aromatic amines is 1. The third-order valence-corrected chi connectivity index (χ3v) is 6.76. The van der Waals surface area contributed by atoms with E-state index in [9.17, 15) is 0 Å². The number of fused-ring (bicyclic) bond motifs is 1. The molecule has 2 aliphatic heterocycles. The molecule has 3 aromatic rings. The second-order valence-electron chi connectivity index (χ2n) is 8.21. The summed E-state index contributed by atoms with van der Waals surface area (Å²) in [7, 11) is 0. The highest BCUT2D eigenvalue weighted by Crippen LogP contribution is 2.41. The van der Waals surface area contributed by atoms with Crippen LogP contribution in [0, 0.1) is 5.92 Å². The maximum absolute atomic E-state index is 6.13. The molecule has 4 heteroatoms. The van der Waals surface area contributed by atoms with E-state index < -0.39 is 0 Å². The van der Waals surface area contributed by atoms with Gasteiger partial charge in [-0.15, -0.1) is 0 Å². The summed E-state index contributed by atoms with van der Waals surface area (Å²) in [6.45, 7) is 4.73. The van der Waals surface area contributed by atoms with Crippen LogP contribution in [0.1, 0.15) is 31.7 Å². The summed E-state index contributed by atoms with van der Waals surface area (Å²) < 4.78 is 0. The summed E-state index contributed by atoms with van der Waals surface area (Å²) in [4.78, 5) is 10.5. The molecule has 5 rings (SSSR count). The summed E-state index contributed by atoms with van der Waals surface area (Å²) in [5.41, 5.74) is 7.54. The molecule has 148 valence electrons. The van der Waals surface area contributed by atoms with Crippen LogP contribution in [0.2, 0.25) is 5.02 Å². The van der Waals surface area contributed by atoms with Crippen LogP contribution in [0.3, 0.4) is 0 Å². The van der Waals surface area contributed by atoms with Crippen molar-refractivity contribution in [3.8, 4) is 22.4 Å². The quantitative estimate of drug-likeness (QED) is 0.555. The van der Waals surface area contributed by atoms with Crippen LogP contribution >= 0.6 is 11.6 Å². The van der Waals surface area contributed by atoms with Crippen LogP contribution in [-0.4, -0.2) is 34.0 Å². The molecule has 2 unspecified atom stereocenters. The van der Waals surface area contributed by atoms with Crippen molar-refractivity contribution in [1.29, 1.82) is 0 Å². The fourth-order valence-electron chi connectivity index (χ4n) is 4.90. The normalized spacial score (nSPS) is 21.8. The van der Waals surface area contributed by atoms with Crippen LogP contribution in [0.15, 0.2) is 61.1 Å². The molecular formula is C25H26ClN3. The van der Waals surface area contributed by atoms with E-state index in [0.29, 0.717) is 6.04 Å². The van der Waals surface area contributed by atoms with Gasteiger partial charge in [-0.3, -0.25) is 9.88 Å². The minimum Gasteiger partial charge on any atom is -0.360 e.